The van der Waals surface area contributed by atoms with E-state index < -0.39 is 6.10 Å². The second kappa shape index (κ2) is 11.2. The molecule has 2 N–H and O–H groups in total. The number of aliphatic hydroxyl groups excluding tert-OH is 2. The minimum Gasteiger partial charge on any atom is -0.392 e. The van der Waals surface area contributed by atoms with Gasteiger partial charge in [0.05, 0.1) is 6.10 Å². The van der Waals surface area contributed by atoms with Crippen LogP contribution >= 0.6 is 0 Å². The highest BCUT2D eigenvalue weighted by atomic mass is 16.3. The lowest BCUT2D eigenvalue weighted by atomic mass is 9.89. The molecular weight excluding hydrogens is 248 g/mol. The summed E-state index contributed by atoms with van der Waals surface area (Å²) in [6.45, 7) is 8.80. The Morgan fingerprint density at radius 1 is 0.950 bits per heavy atom. The minimum atomic E-state index is -0.520. The maximum atomic E-state index is 9.69. The van der Waals surface area contributed by atoms with Gasteiger partial charge in [0, 0.05) is 6.42 Å². The van der Waals surface area contributed by atoms with Crippen LogP contribution in [-0.2, 0) is 0 Å². The van der Waals surface area contributed by atoms with Crippen LogP contribution in [0.15, 0.2) is 0 Å². The van der Waals surface area contributed by atoms with Gasteiger partial charge in [-0.2, -0.15) is 0 Å². The first-order valence-corrected chi connectivity index (χ1v) is 8.19. The SMILES string of the molecule is CCC(O)CC#CC(O)CCCCCCCC(C)(C)C. The molecule has 2 unspecified atom stereocenters. The summed E-state index contributed by atoms with van der Waals surface area (Å²) in [6.07, 6.45) is 8.45. The molecule has 118 valence electrons. The van der Waals surface area contributed by atoms with Crippen molar-refractivity contribution in [2.24, 2.45) is 5.41 Å². The minimum absolute atomic E-state index is 0.350. The van der Waals surface area contributed by atoms with Gasteiger partial charge in [0.2, 0.25) is 0 Å². The highest BCUT2D eigenvalue weighted by Crippen LogP contribution is 2.22. The van der Waals surface area contributed by atoms with Crippen LogP contribution in [0.2, 0.25) is 0 Å². The largest absolute Gasteiger partial charge is 0.392 e. The maximum Gasteiger partial charge on any atom is 0.114 e. The van der Waals surface area contributed by atoms with Gasteiger partial charge in [-0.25, -0.2) is 0 Å². The third kappa shape index (κ3) is 13.9. The fourth-order valence-electron chi connectivity index (χ4n) is 2.03. The summed E-state index contributed by atoms with van der Waals surface area (Å²) in [5.41, 5.74) is 0.453. The molecule has 0 aliphatic heterocycles. The lowest BCUT2D eigenvalue weighted by molar-refractivity contribution is 0.175. The Morgan fingerprint density at radius 3 is 2.15 bits per heavy atom. The molecule has 0 rings (SSSR count). The standard InChI is InChI=1S/C18H34O2/c1-5-16(19)13-11-14-17(20)12-9-7-6-8-10-15-18(2,3)4/h16-17,19-20H,5-10,12-13,15H2,1-4H3. The van der Waals surface area contributed by atoms with E-state index in [0.717, 1.165) is 19.3 Å². The predicted molar refractivity (Wildman–Crippen MR) is 86.5 cm³/mol. The van der Waals surface area contributed by atoms with Crippen LogP contribution in [-0.4, -0.2) is 22.4 Å². The van der Waals surface area contributed by atoms with Crippen LogP contribution in [0.1, 0.15) is 85.5 Å². The topological polar surface area (TPSA) is 40.5 Å². The monoisotopic (exact) mass is 282 g/mol. The summed E-state index contributed by atoms with van der Waals surface area (Å²) in [6, 6.07) is 0. The van der Waals surface area contributed by atoms with Gasteiger partial charge in [-0.1, -0.05) is 65.2 Å². The molecule has 0 saturated carbocycles. The summed E-state index contributed by atoms with van der Waals surface area (Å²) in [4.78, 5) is 0. The van der Waals surface area contributed by atoms with E-state index in [1.165, 1.54) is 32.1 Å². The Bertz CT molecular complexity index is 280. The van der Waals surface area contributed by atoms with Gasteiger partial charge in [0.25, 0.3) is 0 Å². The fraction of sp³-hybridized carbons (Fsp3) is 0.889. The van der Waals surface area contributed by atoms with E-state index >= 15 is 0 Å². The second-order valence-electron chi connectivity index (χ2n) is 6.97. The van der Waals surface area contributed by atoms with Gasteiger partial charge in [0.15, 0.2) is 0 Å². The molecule has 2 heteroatoms. The molecule has 0 spiro atoms. The first kappa shape index (κ1) is 19.5. The van der Waals surface area contributed by atoms with E-state index in [1.807, 2.05) is 6.92 Å². The molecular formula is C18H34O2. The van der Waals surface area contributed by atoms with E-state index in [-0.39, 0.29) is 6.10 Å². The zero-order valence-electron chi connectivity index (χ0n) is 13.9. The summed E-state index contributed by atoms with van der Waals surface area (Å²) in [5.74, 6) is 5.68. The predicted octanol–water partition coefficient (Wildman–Crippen LogP) is 4.29. The van der Waals surface area contributed by atoms with Crippen molar-refractivity contribution >= 4 is 0 Å². The zero-order valence-corrected chi connectivity index (χ0v) is 13.9. The average Bonchev–Trinajstić information content (AvgIpc) is 2.36. The molecule has 0 aliphatic rings. The average molecular weight is 282 g/mol. The third-order valence-electron chi connectivity index (χ3n) is 3.48. The molecule has 0 aliphatic carbocycles. The van der Waals surface area contributed by atoms with Crippen molar-refractivity contribution < 1.29 is 10.2 Å². The first-order valence-electron chi connectivity index (χ1n) is 8.19. The van der Waals surface area contributed by atoms with Crippen LogP contribution in [0.4, 0.5) is 0 Å². The van der Waals surface area contributed by atoms with E-state index in [0.29, 0.717) is 11.8 Å². The van der Waals surface area contributed by atoms with Crippen molar-refractivity contribution in [3.8, 4) is 11.8 Å². The smallest absolute Gasteiger partial charge is 0.114 e. The molecule has 0 aromatic heterocycles. The summed E-state index contributed by atoms with van der Waals surface area (Å²) in [7, 11) is 0. The summed E-state index contributed by atoms with van der Waals surface area (Å²) >= 11 is 0. The van der Waals surface area contributed by atoms with Crippen molar-refractivity contribution in [1.29, 1.82) is 0 Å². The first-order chi connectivity index (χ1) is 9.35. The molecule has 0 radical (unpaired) electrons. The van der Waals surface area contributed by atoms with Crippen LogP contribution in [0, 0.1) is 17.3 Å². The Balaban J connectivity index is 3.46. The molecule has 20 heavy (non-hydrogen) atoms. The summed E-state index contributed by atoms with van der Waals surface area (Å²) in [5, 5.41) is 19.0. The Morgan fingerprint density at radius 2 is 1.55 bits per heavy atom. The lowest BCUT2D eigenvalue weighted by Crippen LogP contribution is -2.05. The molecule has 0 bridgehead atoms. The van der Waals surface area contributed by atoms with E-state index in [1.54, 1.807) is 0 Å². The van der Waals surface area contributed by atoms with Crippen LogP contribution in [0.5, 0.6) is 0 Å². The third-order valence-corrected chi connectivity index (χ3v) is 3.48. The number of unbranched alkanes of at least 4 members (excludes halogenated alkanes) is 4. The normalized spacial score (nSPS) is 14.5. The van der Waals surface area contributed by atoms with Crippen molar-refractivity contribution in [3.63, 3.8) is 0 Å². The van der Waals surface area contributed by atoms with Gasteiger partial charge < -0.3 is 10.2 Å². The molecule has 2 atom stereocenters. The molecule has 0 amide bonds. The second-order valence-corrected chi connectivity index (χ2v) is 6.97. The van der Waals surface area contributed by atoms with Gasteiger partial charge in [-0.3, -0.25) is 0 Å². The summed E-state index contributed by atoms with van der Waals surface area (Å²) < 4.78 is 0. The van der Waals surface area contributed by atoms with Gasteiger partial charge in [0.1, 0.15) is 6.10 Å². The van der Waals surface area contributed by atoms with Gasteiger partial charge in [-0.05, 0) is 31.1 Å². The molecule has 0 aromatic carbocycles. The van der Waals surface area contributed by atoms with Crippen molar-refractivity contribution in [2.75, 3.05) is 0 Å². The maximum absolute atomic E-state index is 9.69. The van der Waals surface area contributed by atoms with Gasteiger partial charge >= 0.3 is 0 Å². The van der Waals surface area contributed by atoms with Crippen molar-refractivity contribution in [3.05, 3.63) is 0 Å². The van der Waals surface area contributed by atoms with Crippen LogP contribution in [0.3, 0.4) is 0 Å². The van der Waals surface area contributed by atoms with E-state index in [2.05, 4.69) is 32.6 Å². The number of hydrogen-bond donors (Lipinski definition) is 2. The molecule has 2 nitrogen and oxygen atoms in total. The number of rotatable bonds is 9. The van der Waals surface area contributed by atoms with E-state index in [4.69, 9.17) is 0 Å². The molecule has 0 fully saturated rings. The van der Waals surface area contributed by atoms with Gasteiger partial charge in [-0.15, -0.1) is 0 Å². The molecule has 0 saturated heterocycles. The Kier molecular flexibility index (Phi) is 10.9. The quantitative estimate of drug-likeness (QED) is 0.489. The van der Waals surface area contributed by atoms with Crippen LogP contribution < -0.4 is 0 Å². The molecule has 0 heterocycles. The highest BCUT2D eigenvalue weighted by Gasteiger charge is 2.08. The Hall–Kier alpha value is -0.520. The Labute approximate surface area is 126 Å². The highest BCUT2D eigenvalue weighted by molar-refractivity contribution is 5.05. The molecule has 0 aromatic rings. The number of aliphatic hydroxyl groups is 2. The van der Waals surface area contributed by atoms with Crippen molar-refractivity contribution in [2.45, 2.75) is 97.7 Å². The zero-order chi connectivity index (χ0) is 15.4. The van der Waals surface area contributed by atoms with Crippen molar-refractivity contribution in [1.82, 2.24) is 0 Å². The number of hydrogen-bond acceptors (Lipinski definition) is 2. The lowest BCUT2D eigenvalue weighted by Gasteiger charge is -2.17. The van der Waals surface area contributed by atoms with Crippen LogP contribution in [0.25, 0.3) is 0 Å². The van der Waals surface area contributed by atoms with E-state index in [9.17, 15) is 10.2 Å². The fourth-order valence-corrected chi connectivity index (χ4v) is 2.03.